The highest BCUT2D eigenvalue weighted by Crippen LogP contribution is 2.26. The number of rotatable bonds is 5. The van der Waals surface area contributed by atoms with Gasteiger partial charge in [-0.15, -0.1) is 0 Å². The third-order valence-corrected chi connectivity index (χ3v) is 2.79. The number of hydrogen-bond donors (Lipinski definition) is 0. The monoisotopic (exact) mass is 169 g/mol. The minimum Gasteiger partial charge on any atom is -0.378 e. The molecule has 0 saturated carbocycles. The molecule has 0 bridgehead atoms. The largest absolute Gasteiger partial charge is 0.378 e. The number of unbranched alkanes of at least 4 members (excludes halogenated alkanes) is 1. The van der Waals surface area contributed by atoms with Gasteiger partial charge in [-0.1, -0.05) is 26.7 Å². The minimum absolute atomic E-state index is 0.536. The molecule has 1 radical (unpaired) electrons. The van der Waals surface area contributed by atoms with Gasteiger partial charge in [0.25, 0.3) is 0 Å². The summed E-state index contributed by atoms with van der Waals surface area (Å²) in [6.07, 6.45) is 8.05. The van der Waals surface area contributed by atoms with E-state index in [1.807, 2.05) is 0 Å². The zero-order chi connectivity index (χ0) is 8.81. The second-order valence-corrected chi connectivity index (χ2v) is 3.74. The Hall–Kier alpha value is -0.0400. The van der Waals surface area contributed by atoms with Crippen molar-refractivity contribution in [2.45, 2.75) is 51.6 Å². The summed E-state index contributed by atoms with van der Waals surface area (Å²) in [4.78, 5) is 0. The van der Waals surface area contributed by atoms with Crippen molar-refractivity contribution in [2.24, 2.45) is 5.92 Å². The molecule has 71 valence electrons. The molecule has 0 spiro atoms. The highest BCUT2D eigenvalue weighted by atomic mass is 16.5. The van der Waals surface area contributed by atoms with E-state index in [0.29, 0.717) is 6.10 Å². The van der Waals surface area contributed by atoms with Crippen LogP contribution in [0.1, 0.15) is 45.4 Å². The maximum atomic E-state index is 5.66. The van der Waals surface area contributed by atoms with Crippen LogP contribution in [0.5, 0.6) is 0 Å². The number of hydrogen-bond acceptors (Lipinski definition) is 1. The molecule has 0 aromatic heterocycles. The molecule has 2 atom stereocenters. The van der Waals surface area contributed by atoms with E-state index < -0.39 is 0 Å². The molecule has 1 saturated heterocycles. The predicted molar refractivity (Wildman–Crippen MR) is 52.0 cm³/mol. The third kappa shape index (κ3) is 2.78. The Labute approximate surface area is 76.5 Å². The van der Waals surface area contributed by atoms with Gasteiger partial charge in [-0.25, -0.2) is 0 Å². The lowest BCUT2D eigenvalue weighted by atomic mass is 9.92. The first-order valence-electron chi connectivity index (χ1n) is 5.29. The smallest absolute Gasteiger partial charge is 0.0604 e. The fourth-order valence-electron chi connectivity index (χ4n) is 1.96. The van der Waals surface area contributed by atoms with Gasteiger partial charge in [0.15, 0.2) is 0 Å². The molecule has 2 unspecified atom stereocenters. The molecule has 0 aliphatic carbocycles. The van der Waals surface area contributed by atoms with E-state index in [9.17, 15) is 0 Å². The van der Waals surface area contributed by atoms with Crippen LogP contribution >= 0.6 is 0 Å². The second kappa shape index (κ2) is 5.58. The summed E-state index contributed by atoms with van der Waals surface area (Å²) in [5, 5.41) is 0. The van der Waals surface area contributed by atoms with E-state index in [-0.39, 0.29) is 0 Å². The summed E-state index contributed by atoms with van der Waals surface area (Å²) in [6.45, 7) is 7.23. The quantitative estimate of drug-likeness (QED) is 0.614. The van der Waals surface area contributed by atoms with E-state index in [1.54, 1.807) is 0 Å². The molecule has 1 fully saturated rings. The van der Waals surface area contributed by atoms with E-state index >= 15 is 0 Å². The fraction of sp³-hybridized carbons (Fsp3) is 0.909. The summed E-state index contributed by atoms with van der Waals surface area (Å²) < 4.78 is 5.66. The fourth-order valence-corrected chi connectivity index (χ4v) is 1.96. The summed E-state index contributed by atoms with van der Waals surface area (Å²) in [7, 11) is 0. The van der Waals surface area contributed by atoms with Crippen molar-refractivity contribution in [1.82, 2.24) is 0 Å². The van der Waals surface area contributed by atoms with E-state index in [4.69, 9.17) is 4.74 Å². The molecule has 0 amide bonds. The maximum Gasteiger partial charge on any atom is 0.0604 e. The Kier molecular flexibility index (Phi) is 4.67. The Morgan fingerprint density at radius 2 is 2.42 bits per heavy atom. The van der Waals surface area contributed by atoms with Crippen molar-refractivity contribution in [3.8, 4) is 0 Å². The minimum atomic E-state index is 0.536. The van der Waals surface area contributed by atoms with Gasteiger partial charge in [-0.3, -0.25) is 0 Å². The zero-order valence-electron chi connectivity index (χ0n) is 8.22. The molecular formula is C11H21O. The van der Waals surface area contributed by atoms with Crippen LogP contribution in [0.25, 0.3) is 0 Å². The van der Waals surface area contributed by atoms with E-state index in [0.717, 1.165) is 18.9 Å². The van der Waals surface area contributed by atoms with E-state index in [1.165, 1.54) is 32.1 Å². The molecule has 1 heterocycles. The van der Waals surface area contributed by atoms with Crippen LogP contribution < -0.4 is 0 Å². The van der Waals surface area contributed by atoms with Gasteiger partial charge >= 0.3 is 0 Å². The SMILES string of the molecule is [CH2]CC(CCCC)C1CCCO1. The van der Waals surface area contributed by atoms with Gasteiger partial charge in [-0.2, -0.15) is 0 Å². The zero-order valence-corrected chi connectivity index (χ0v) is 8.22. The van der Waals surface area contributed by atoms with Crippen LogP contribution in [0, 0.1) is 12.8 Å². The van der Waals surface area contributed by atoms with E-state index in [2.05, 4.69) is 13.8 Å². The van der Waals surface area contributed by atoms with Crippen LogP contribution in [0.3, 0.4) is 0 Å². The molecular weight excluding hydrogens is 148 g/mol. The topological polar surface area (TPSA) is 9.23 Å². The first kappa shape index (κ1) is 10.0. The summed E-state index contributed by atoms with van der Waals surface area (Å²) in [5.74, 6) is 0.729. The highest BCUT2D eigenvalue weighted by Gasteiger charge is 2.23. The van der Waals surface area contributed by atoms with Crippen molar-refractivity contribution < 1.29 is 4.74 Å². The molecule has 0 aromatic carbocycles. The lowest BCUT2D eigenvalue weighted by molar-refractivity contribution is 0.0594. The van der Waals surface area contributed by atoms with Gasteiger partial charge in [0.2, 0.25) is 0 Å². The number of ether oxygens (including phenoxy) is 1. The van der Waals surface area contributed by atoms with Crippen molar-refractivity contribution in [3.63, 3.8) is 0 Å². The Morgan fingerprint density at radius 1 is 1.58 bits per heavy atom. The molecule has 1 nitrogen and oxygen atoms in total. The van der Waals surface area contributed by atoms with Crippen LogP contribution in [-0.2, 0) is 4.74 Å². The average Bonchev–Trinajstić information content (AvgIpc) is 2.59. The molecule has 0 N–H and O–H groups in total. The predicted octanol–water partition coefficient (Wildman–Crippen LogP) is 3.20. The standard InChI is InChI=1S/C11H21O/c1-3-5-7-10(4-2)11-8-6-9-12-11/h10-11H,2-9H2,1H3. The van der Waals surface area contributed by atoms with Crippen molar-refractivity contribution in [2.75, 3.05) is 6.61 Å². The van der Waals surface area contributed by atoms with Crippen LogP contribution in [0.2, 0.25) is 0 Å². The van der Waals surface area contributed by atoms with Gasteiger partial charge < -0.3 is 4.74 Å². The van der Waals surface area contributed by atoms with Crippen molar-refractivity contribution >= 4 is 0 Å². The molecule has 1 heteroatoms. The van der Waals surface area contributed by atoms with Crippen LogP contribution in [-0.4, -0.2) is 12.7 Å². The molecule has 1 rings (SSSR count). The Bertz CT molecular complexity index is 106. The average molecular weight is 169 g/mol. The first-order chi connectivity index (χ1) is 5.88. The molecule has 1 aliphatic rings. The van der Waals surface area contributed by atoms with Gasteiger partial charge in [0, 0.05) is 6.61 Å². The van der Waals surface area contributed by atoms with Gasteiger partial charge in [0.1, 0.15) is 0 Å². The van der Waals surface area contributed by atoms with Crippen LogP contribution in [0.15, 0.2) is 0 Å². The van der Waals surface area contributed by atoms with Crippen molar-refractivity contribution in [1.29, 1.82) is 0 Å². The highest BCUT2D eigenvalue weighted by molar-refractivity contribution is 4.75. The molecule has 1 aliphatic heterocycles. The Balaban J connectivity index is 2.22. The molecule has 12 heavy (non-hydrogen) atoms. The second-order valence-electron chi connectivity index (χ2n) is 3.74. The molecule has 0 aromatic rings. The lowest BCUT2D eigenvalue weighted by Crippen LogP contribution is -2.18. The van der Waals surface area contributed by atoms with Gasteiger partial charge in [0.05, 0.1) is 6.10 Å². The van der Waals surface area contributed by atoms with Crippen molar-refractivity contribution in [3.05, 3.63) is 6.92 Å². The summed E-state index contributed by atoms with van der Waals surface area (Å²) in [5.41, 5.74) is 0. The summed E-state index contributed by atoms with van der Waals surface area (Å²) >= 11 is 0. The lowest BCUT2D eigenvalue weighted by Gasteiger charge is -2.20. The Morgan fingerprint density at radius 3 is 2.92 bits per heavy atom. The maximum absolute atomic E-state index is 5.66. The third-order valence-electron chi connectivity index (χ3n) is 2.79. The van der Waals surface area contributed by atoms with Gasteiger partial charge in [-0.05, 0) is 31.6 Å². The first-order valence-corrected chi connectivity index (χ1v) is 5.29. The van der Waals surface area contributed by atoms with Crippen LogP contribution in [0.4, 0.5) is 0 Å². The summed E-state index contributed by atoms with van der Waals surface area (Å²) in [6, 6.07) is 0. The normalized spacial score (nSPS) is 26.0.